The SMILES string of the molecule is COc1ccc2c(c1)[C@]1(O[C@@H](CC(=O)N(CCO)Cc3ccccc3)[C@H]([Si](C)(C)O)[C@H]1C)C(=O)N2c1ccccc1. The number of carbonyl (C=O) groups is 2. The molecule has 2 heterocycles. The number of methoxy groups -OCH3 is 1. The number of fused-ring (bicyclic) bond motifs is 2. The van der Waals surface area contributed by atoms with E-state index in [9.17, 15) is 19.5 Å². The fraction of sp³-hybridized carbons (Fsp3) is 0.375. The smallest absolute Gasteiger partial charge is 0.268 e. The van der Waals surface area contributed by atoms with Gasteiger partial charge in [0.15, 0.2) is 13.9 Å². The lowest BCUT2D eigenvalue weighted by Gasteiger charge is -2.32. The summed E-state index contributed by atoms with van der Waals surface area (Å²) in [6, 6.07) is 24.6. The lowest BCUT2D eigenvalue weighted by molar-refractivity contribution is -0.149. The standard InChI is InChI=1S/C32H38N2O6Si/c1-22-30(41(3,4)38)28(20-29(36)33(17-18-35)21-23-11-7-5-8-12-23)40-32(22)26-19-25(39-2)15-16-27(26)34(31(32)37)24-13-9-6-10-14-24/h5-16,19,22,28,30,35,38H,17-18,20-21H2,1-4H3/t22-,28+,30-,32+/m1/s1. The van der Waals surface area contributed by atoms with Crippen molar-refractivity contribution >= 4 is 31.5 Å². The summed E-state index contributed by atoms with van der Waals surface area (Å²) in [4.78, 5) is 43.1. The van der Waals surface area contributed by atoms with E-state index < -0.39 is 31.5 Å². The average molecular weight is 575 g/mol. The molecule has 8 nitrogen and oxygen atoms in total. The van der Waals surface area contributed by atoms with E-state index >= 15 is 0 Å². The summed E-state index contributed by atoms with van der Waals surface area (Å²) >= 11 is 0. The number of hydrogen-bond acceptors (Lipinski definition) is 6. The van der Waals surface area contributed by atoms with Gasteiger partial charge in [-0.1, -0.05) is 55.5 Å². The molecule has 2 N–H and O–H groups in total. The number of aliphatic hydroxyl groups excluding tert-OH is 1. The maximum Gasteiger partial charge on any atom is 0.268 e. The molecule has 2 aliphatic heterocycles. The highest BCUT2D eigenvalue weighted by atomic mass is 28.4. The highest BCUT2D eigenvalue weighted by molar-refractivity contribution is 6.71. The minimum atomic E-state index is -2.96. The Morgan fingerprint density at radius 2 is 1.73 bits per heavy atom. The van der Waals surface area contributed by atoms with E-state index in [0.29, 0.717) is 29.2 Å². The van der Waals surface area contributed by atoms with Crippen molar-refractivity contribution in [1.82, 2.24) is 4.90 Å². The zero-order valence-corrected chi connectivity index (χ0v) is 25.0. The Bertz CT molecular complexity index is 1400. The van der Waals surface area contributed by atoms with Crippen LogP contribution < -0.4 is 9.64 Å². The lowest BCUT2D eigenvalue weighted by Crippen LogP contribution is -2.45. The highest BCUT2D eigenvalue weighted by Crippen LogP contribution is 2.61. The summed E-state index contributed by atoms with van der Waals surface area (Å²) in [6.07, 6.45) is -0.710. The van der Waals surface area contributed by atoms with E-state index in [1.165, 1.54) is 0 Å². The first-order valence-electron chi connectivity index (χ1n) is 14.0. The molecular formula is C32H38N2O6Si. The third-order valence-corrected chi connectivity index (χ3v) is 10.9. The van der Waals surface area contributed by atoms with E-state index in [4.69, 9.17) is 9.47 Å². The van der Waals surface area contributed by atoms with Crippen LogP contribution in [0.5, 0.6) is 5.75 Å². The molecule has 0 unspecified atom stereocenters. The second-order valence-electron chi connectivity index (χ2n) is 11.4. The van der Waals surface area contributed by atoms with Crippen molar-refractivity contribution in [1.29, 1.82) is 0 Å². The molecule has 0 saturated carbocycles. The highest BCUT2D eigenvalue weighted by Gasteiger charge is 2.66. The predicted molar refractivity (Wildman–Crippen MR) is 159 cm³/mol. The van der Waals surface area contributed by atoms with Crippen LogP contribution in [0.1, 0.15) is 24.5 Å². The third kappa shape index (κ3) is 5.19. The molecule has 0 radical (unpaired) electrons. The number of nitrogens with zero attached hydrogens (tertiary/aromatic N) is 2. The van der Waals surface area contributed by atoms with Crippen LogP contribution in [0.3, 0.4) is 0 Å². The van der Waals surface area contributed by atoms with Gasteiger partial charge in [0.05, 0.1) is 31.9 Å². The molecule has 2 aliphatic rings. The molecule has 3 aromatic carbocycles. The molecule has 5 rings (SSSR count). The zero-order chi connectivity index (χ0) is 29.4. The number of ether oxygens (including phenoxy) is 2. The molecule has 216 valence electrons. The van der Waals surface area contributed by atoms with Crippen LogP contribution in [0.15, 0.2) is 78.9 Å². The topological polar surface area (TPSA) is 99.5 Å². The van der Waals surface area contributed by atoms with Crippen molar-refractivity contribution < 1.29 is 29.0 Å². The Hall–Kier alpha value is -3.50. The molecule has 0 aliphatic carbocycles. The minimum Gasteiger partial charge on any atom is -0.497 e. The largest absolute Gasteiger partial charge is 0.497 e. The predicted octanol–water partition coefficient (Wildman–Crippen LogP) is 4.58. The molecule has 4 atom stereocenters. The van der Waals surface area contributed by atoms with Gasteiger partial charge in [-0.25, -0.2) is 0 Å². The van der Waals surface area contributed by atoms with Crippen molar-refractivity contribution in [3.8, 4) is 5.75 Å². The lowest BCUT2D eigenvalue weighted by atomic mass is 9.82. The minimum absolute atomic E-state index is 0.0154. The zero-order valence-electron chi connectivity index (χ0n) is 24.0. The van der Waals surface area contributed by atoms with Crippen LogP contribution in [0.2, 0.25) is 18.6 Å². The van der Waals surface area contributed by atoms with Crippen LogP contribution >= 0.6 is 0 Å². The van der Waals surface area contributed by atoms with Crippen LogP contribution in [0.4, 0.5) is 11.4 Å². The van der Waals surface area contributed by atoms with Gasteiger partial charge in [0.25, 0.3) is 5.91 Å². The van der Waals surface area contributed by atoms with E-state index in [1.54, 1.807) is 16.9 Å². The number of anilines is 2. The molecule has 41 heavy (non-hydrogen) atoms. The number of hydrogen-bond donors (Lipinski definition) is 2. The number of rotatable bonds is 9. The second kappa shape index (κ2) is 11.4. The molecule has 1 saturated heterocycles. The van der Waals surface area contributed by atoms with Crippen LogP contribution in [-0.2, 0) is 26.5 Å². The summed E-state index contributed by atoms with van der Waals surface area (Å²) in [5.41, 5.74) is 1.23. The van der Waals surface area contributed by atoms with Crippen molar-refractivity contribution in [3.63, 3.8) is 0 Å². The Morgan fingerprint density at radius 1 is 1.07 bits per heavy atom. The van der Waals surface area contributed by atoms with Gasteiger partial charge in [-0.15, -0.1) is 0 Å². The first kappa shape index (κ1) is 29.0. The number of aliphatic hydroxyl groups is 1. The Morgan fingerprint density at radius 3 is 2.34 bits per heavy atom. The number of carbonyl (C=O) groups excluding carboxylic acids is 2. The summed E-state index contributed by atoms with van der Waals surface area (Å²) in [7, 11) is -1.38. The third-order valence-electron chi connectivity index (χ3n) is 8.43. The van der Waals surface area contributed by atoms with E-state index in [-0.39, 0.29) is 31.4 Å². The second-order valence-corrected chi connectivity index (χ2v) is 15.4. The quantitative estimate of drug-likeness (QED) is 0.363. The van der Waals surface area contributed by atoms with Crippen molar-refractivity contribution in [2.24, 2.45) is 5.92 Å². The Balaban J connectivity index is 1.55. The van der Waals surface area contributed by atoms with Crippen molar-refractivity contribution in [2.75, 3.05) is 25.2 Å². The summed E-state index contributed by atoms with van der Waals surface area (Å²) in [6.45, 7) is 5.97. The van der Waals surface area contributed by atoms with Gasteiger partial charge in [0, 0.05) is 35.8 Å². The number of benzene rings is 3. The van der Waals surface area contributed by atoms with E-state index in [0.717, 1.165) is 5.56 Å². The molecule has 3 aromatic rings. The molecule has 0 aromatic heterocycles. The van der Waals surface area contributed by atoms with Gasteiger partial charge >= 0.3 is 0 Å². The van der Waals surface area contributed by atoms with Gasteiger partial charge < -0.3 is 24.3 Å². The normalized spacial score (nSPS) is 23.6. The molecule has 2 amide bonds. The van der Waals surface area contributed by atoms with E-state index in [2.05, 4.69) is 0 Å². The number of amides is 2. The average Bonchev–Trinajstić information content (AvgIpc) is 3.39. The van der Waals surface area contributed by atoms with Gasteiger partial charge in [-0.3, -0.25) is 14.5 Å². The first-order valence-corrected chi connectivity index (χ1v) is 17.0. The fourth-order valence-electron chi connectivity index (χ4n) is 6.66. The summed E-state index contributed by atoms with van der Waals surface area (Å²) in [5.74, 6) is -0.263. The monoisotopic (exact) mass is 574 g/mol. The van der Waals surface area contributed by atoms with Crippen LogP contribution in [0.25, 0.3) is 0 Å². The van der Waals surface area contributed by atoms with Gasteiger partial charge in [-0.2, -0.15) is 0 Å². The molecule has 0 bridgehead atoms. The van der Waals surface area contributed by atoms with Gasteiger partial charge in [0.1, 0.15) is 5.75 Å². The number of para-hydroxylation sites is 1. The van der Waals surface area contributed by atoms with Crippen molar-refractivity contribution in [2.45, 2.75) is 50.2 Å². The fourth-order valence-corrected chi connectivity index (χ4v) is 9.21. The van der Waals surface area contributed by atoms with Crippen molar-refractivity contribution in [3.05, 3.63) is 90.0 Å². The molecule has 1 fully saturated rings. The van der Waals surface area contributed by atoms with Gasteiger partial charge in [-0.05, 0) is 49.0 Å². The first-order chi connectivity index (χ1) is 19.6. The summed E-state index contributed by atoms with van der Waals surface area (Å²) in [5, 5.41) is 9.73. The molecular weight excluding hydrogens is 536 g/mol. The van der Waals surface area contributed by atoms with Crippen LogP contribution in [-0.4, -0.2) is 61.3 Å². The summed E-state index contributed by atoms with van der Waals surface area (Å²) < 4.78 is 12.4. The Kier molecular flexibility index (Phi) is 8.07. The maximum atomic E-state index is 14.5. The van der Waals surface area contributed by atoms with E-state index in [1.807, 2.05) is 98.9 Å². The maximum absolute atomic E-state index is 14.5. The molecule has 9 heteroatoms. The Labute approximate surface area is 242 Å². The molecule has 1 spiro atoms. The van der Waals surface area contributed by atoms with Crippen LogP contribution in [0, 0.1) is 5.92 Å². The van der Waals surface area contributed by atoms with Gasteiger partial charge in [0.2, 0.25) is 5.91 Å².